The van der Waals surface area contributed by atoms with Gasteiger partial charge in [-0.25, -0.2) is 9.69 Å². The molecule has 5 heteroatoms. The smallest absolute Gasteiger partial charge is 0.323 e. The van der Waals surface area contributed by atoms with Crippen LogP contribution in [0.4, 0.5) is 4.79 Å². The summed E-state index contributed by atoms with van der Waals surface area (Å²) in [5, 5.41) is 2.89. The number of amides is 3. The first-order chi connectivity index (χ1) is 9.82. The largest absolute Gasteiger partial charge is 0.326 e. The second kappa shape index (κ2) is 6.34. The molecule has 0 radical (unpaired) electrons. The Labute approximate surface area is 128 Å². The number of urea groups is 1. The molecule has 0 aromatic rings. The maximum atomic E-state index is 12.6. The van der Waals surface area contributed by atoms with Gasteiger partial charge in [-0.05, 0) is 44.4 Å². The van der Waals surface area contributed by atoms with Crippen LogP contribution in [0.25, 0.3) is 0 Å². The van der Waals surface area contributed by atoms with E-state index in [0.717, 1.165) is 38.3 Å². The highest BCUT2D eigenvalue weighted by Gasteiger charge is 2.47. The number of carbonyl (C=O) groups is 2. The normalized spacial score (nSPS) is 28.5. The summed E-state index contributed by atoms with van der Waals surface area (Å²) in [6.45, 7) is 10.8. The molecule has 1 N–H and O–H groups in total. The van der Waals surface area contributed by atoms with E-state index in [4.69, 9.17) is 0 Å². The highest BCUT2D eigenvalue weighted by Crippen LogP contribution is 2.25. The van der Waals surface area contributed by atoms with Gasteiger partial charge in [0.2, 0.25) is 0 Å². The Bertz CT molecular complexity index is 402. The molecule has 5 nitrogen and oxygen atoms in total. The highest BCUT2D eigenvalue weighted by atomic mass is 16.2. The van der Waals surface area contributed by atoms with Crippen molar-refractivity contribution in [2.24, 2.45) is 11.8 Å². The predicted molar refractivity (Wildman–Crippen MR) is 82.7 cm³/mol. The van der Waals surface area contributed by atoms with Gasteiger partial charge in [-0.2, -0.15) is 0 Å². The number of hydrogen-bond donors (Lipinski definition) is 1. The average molecular weight is 295 g/mol. The van der Waals surface area contributed by atoms with Crippen LogP contribution in [0.15, 0.2) is 0 Å². The van der Waals surface area contributed by atoms with Crippen molar-refractivity contribution in [3.63, 3.8) is 0 Å². The number of hydrogen-bond acceptors (Lipinski definition) is 3. The zero-order valence-electron chi connectivity index (χ0n) is 13.8. The van der Waals surface area contributed by atoms with Gasteiger partial charge in [0.15, 0.2) is 0 Å². The molecule has 0 unspecified atom stereocenters. The first-order valence-electron chi connectivity index (χ1n) is 8.18. The number of piperidine rings is 1. The SMILES string of the molecule is CC(C)CC[C@@]1(C)NC(=O)N(CN2CCC(C)CC2)C1=O. The third kappa shape index (κ3) is 3.76. The molecule has 2 fully saturated rings. The highest BCUT2D eigenvalue weighted by molar-refractivity contribution is 6.06. The molecule has 2 heterocycles. The van der Waals surface area contributed by atoms with E-state index in [2.05, 4.69) is 31.0 Å². The summed E-state index contributed by atoms with van der Waals surface area (Å²) in [7, 11) is 0. The Morgan fingerprint density at radius 1 is 1.29 bits per heavy atom. The lowest BCUT2D eigenvalue weighted by atomic mass is 9.92. The van der Waals surface area contributed by atoms with Gasteiger partial charge in [-0.1, -0.05) is 20.8 Å². The van der Waals surface area contributed by atoms with Gasteiger partial charge in [0.05, 0.1) is 6.67 Å². The molecule has 0 aromatic heterocycles. The maximum absolute atomic E-state index is 12.6. The van der Waals surface area contributed by atoms with Crippen molar-refractivity contribution in [2.75, 3.05) is 19.8 Å². The number of carbonyl (C=O) groups excluding carboxylic acids is 2. The van der Waals surface area contributed by atoms with E-state index in [1.807, 2.05) is 6.92 Å². The van der Waals surface area contributed by atoms with Gasteiger partial charge in [0.1, 0.15) is 5.54 Å². The van der Waals surface area contributed by atoms with E-state index in [9.17, 15) is 9.59 Å². The van der Waals surface area contributed by atoms with Crippen molar-refractivity contribution in [3.05, 3.63) is 0 Å². The van der Waals surface area contributed by atoms with E-state index in [-0.39, 0.29) is 11.9 Å². The monoisotopic (exact) mass is 295 g/mol. The van der Waals surface area contributed by atoms with Gasteiger partial charge in [-0.3, -0.25) is 9.69 Å². The topological polar surface area (TPSA) is 52.7 Å². The molecule has 2 saturated heterocycles. The first kappa shape index (κ1) is 16.3. The summed E-state index contributed by atoms with van der Waals surface area (Å²) < 4.78 is 0. The van der Waals surface area contributed by atoms with Gasteiger partial charge < -0.3 is 5.32 Å². The van der Waals surface area contributed by atoms with Crippen LogP contribution in [0.3, 0.4) is 0 Å². The summed E-state index contributed by atoms with van der Waals surface area (Å²) in [5.41, 5.74) is -0.718. The Morgan fingerprint density at radius 2 is 1.90 bits per heavy atom. The van der Waals surface area contributed by atoms with Crippen molar-refractivity contribution in [1.82, 2.24) is 15.1 Å². The molecule has 0 spiro atoms. The van der Waals surface area contributed by atoms with E-state index in [0.29, 0.717) is 19.0 Å². The standard InChI is InChI=1S/C16H29N3O2/c1-12(2)5-8-16(4)14(20)19(15(21)17-16)11-18-9-6-13(3)7-10-18/h12-13H,5-11H2,1-4H3,(H,17,21)/t16-/m1/s1. The van der Waals surface area contributed by atoms with Crippen molar-refractivity contribution < 1.29 is 9.59 Å². The zero-order valence-corrected chi connectivity index (χ0v) is 13.8. The van der Waals surface area contributed by atoms with Crippen LogP contribution >= 0.6 is 0 Å². The summed E-state index contributed by atoms with van der Waals surface area (Å²) >= 11 is 0. The van der Waals surface area contributed by atoms with E-state index < -0.39 is 5.54 Å². The average Bonchev–Trinajstić information content (AvgIpc) is 2.63. The first-order valence-corrected chi connectivity index (χ1v) is 8.18. The maximum Gasteiger partial charge on any atom is 0.326 e. The number of nitrogens with zero attached hydrogens (tertiary/aromatic N) is 2. The minimum Gasteiger partial charge on any atom is -0.323 e. The lowest BCUT2D eigenvalue weighted by Gasteiger charge is -2.32. The molecule has 2 rings (SSSR count). The summed E-state index contributed by atoms with van der Waals surface area (Å²) in [6.07, 6.45) is 3.95. The molecule has 0 aliphatic carbocycles. The predicted octanol–water partition coefficient (Wildman–Crippen LogP) is 2.42. The fourth-order valence-corrected chi connectivity index (χ4v) is 3.03. The number of rotatable bonds is 5. The Morgan fingerprint density at radius 3 is 2.48 bits per heavy atom. The van der Waals surface area contributed by atoms with Gasteiger partial charge in [0, 0.05) is 13.1 Å². The van der Waals surface area contributed by atoms with Crippen molar-refractivity contribution in [1.29, 1.82) is 0 Å². The van der Waals surface area contributed by atoms with Crippen molar-refractivity contribution in [3.8, 4) is 0 Å². The van der Waals surface area contributed by atoms with Crippen molar-refractivity contribution >= 4 is 11.9 Å². The number of nitrogens with one attached hydrogen (secondary N) is 1. The Hall–Kier alpha value is -1.10. The molecule has 0 bridgehead atoms. The summed E-state index contributed by atoms with van der Waals surface area (Å²) in [4.78, 5) is 28.4. The fourth-order valence-electron chi connectivity index (χ4n) is 3.03. The molecule has 1 atom stereocenters. The van der Waals surface area contributed by atoms with Gasteiger partial charge in [-0.15, -0.1) is 0 Å². The third-order valence-electron chi connectivity index (χ3n) is 4.78. The summed E-state index contributed by atoms with van der Waals surface area (Å²) in [6, 6.07) is -0.232. The molecule has 3 amide bonds. The zero-order chi connectivity index (χ0) is 15.6. The van der Waals surface area contributed by atoms with Crippen LogP contribution in [0.2, 0.25) is 0 Å². The Kier molecular flexibility index (Phi) is 4.91. The quantitative estimate of drug-likeness (QED) is 0.793. The second-order valence-corrected chi connectivity index (χ2v) is 7.37. The molecule has 2 aliphatic rings. The van der Waals surface area contributed by atoms with E-state index in [1.54, 1.807) is 0 Å². The van der Waals surface area contributed by atoms with Crippen LogP contribution in [-0.4, -0.2) is 47.0 Å². The van der Waals surface area contributed by atoms with Crippen LogP contribution in [0, 0.1) is 11.8 Å². The van der Waals surface area contributed by atoms with Gasteiger partial charge in [0.25, 0.3) is 5.91 Å². The fraction of sp³-hybridized carbons (Fsp3) is 0.875. The van der Waals surface area contributed by atoms with E-state index >= 15 is 0 Å². The molecule has 120 valence electrons. The lowest BCUT2D eigenvalue weighted by molar-refractivity contribution is -0.132. The number of imide groups is 1. The Balaban J connectivity index is 1.95. The van der Waals surface area contributed by atoms with Crippen molar-refractivity contribution in [2.45, 2.75) is 58.9 Å². The van der Waals surface area contributed by atoms with Crippen LogP contribution in [-0.2, 0) is 4.79 Å². The van der Waals surface area contributed by atoms with Crippen LogP contribution < -0.4 is 5.32 Å². The molecular formula is C16H29N3O2. The summed E-state index contributed by atoms with van der Waals surface area (Å²) in [5.74, 6) is 1.22. The molecule has 21 heavy (non-hydrogen) atoms. The third-order valence-corrected chi connectivity index (χ3v) is 4.78. The minimum absolute atomic E-state index is 0.0632. The lowest BCUT2D eigenvalue weighted by Crippen LogP contribution is -2.47. The van der Waals surface area contributed by atoms with E-state index in [1.165, 1.54) is 4.90 Å². The molecule has 0 aromatic carbocycles. The van der Waals surface area contributed by atoms with Crippen LogP contribution in [0.5, 0.6) is 0 Å². The molecule has 2 aliphatic heterocycles. The minimum atomic E-state index is -0.718. The molecule has 0 saturated carbocycles. The second-order valence-electron chi connectivity index (χ2n) is 7.37. The van der Waals surface area contributed by atoms with Gasteiger partial charge >= 0.3 is 6.03 Å². The molecular weight excluding hydrogens is 266 g/mol. The van der Waals surface area contributed by atoms with Crippen LogP contribution in [0.1, 0.15) is 53.4 Å². The number of likely N-dealkylation sites (tertiary alicyclic amines) is 1.